The van der Waals surface area contributed by atoms with Gasteiger partial charge in [0.15, 0.2) is 5.54 Å². The molecule has 0 heterocycles. The number of carboxylic acids is 1. The van der Waals surface area contributed by atoms with Crippen LogP contribution >= 0.6 is 0 Å². The summed E-state index contributed by atoms with van der Waals surface area (Å²) in [6.45, 7) is 3.57. The Labute approximate surface area is 118 Å². The molecule has 0 radical (unpaired) electrons. The highest BCUT2D eigenvalue weighted by Gasteiger charge is 2.43. The van der Waals surface area contributed by atoms with Crippen LogP contribution in [-0.2, 0) is 20.6 Å². The van der Waals surface area contributed by atoms with Crippen molar-refractivity contribution in [3.63, 3.8) is 0 Å². The number of hydrogen-bond acceptors (Lipinski definition) is 3. The lowest BCUT2D eigenvalue weighted by molar-refractivity contribution is -0.145. The van der Waals surface area contributed by atoms with Crippen molar-refractivity contribution in [2.45, 2.75) is 38.6 Å². The summed E-state index contributed by atoms with van der Waals surface area (Å²) in [6, 6.07) is 6.62. The Bertz CT molecular complexity index is 584. The third kappa shape index (κ3) is 3.78. The molecule has 0 aliphatic rings. The maximum atomic E-state index is 11.7. The molecule has 0 saturated carbocycles. The van der Waals surface area contributed by atoms with Crippen molar-refractivity contribution in [3.05, 3.63) is 35.4 Å². The van der Waals surface area contributed by atoms with Crippen molar-refractivity contribution in [3.8, 4) is 0 Å². The van der Waals surface area contributed by atoms with Crippen LogP contribution in [0.5, 0.6) is 0 Å². The van der Waals surface area contributed by atoms with Crippen LogP contribution in [0.2, 0.25) is 0 Å². The number of aryl methyl sites for hydroxylation is 1. The molecule has 0 spiro atoms. The van der Waals surface area contributed by atoms with Gasteiger partial charge in [0.2, 0.25) is 0 Å². The summed E-state index contributed by atoms with van der Waals surface area (Å²) in [7, 11) is -4.65. The zero-order valence-corrected chi connectivity index (χ0v) is 12.3. The molecular weight excluding hydrogens is 282 g/mol. The normalized spacial score (nSPS) is 14.8. The van der Waals surface area contributed by atoms with E-state index in [9.17, 15) is 18.3 Å². The van der Waals surface area contributed by atoms with E-state index in [4.69, 9.17) is 4.55 Å². The van der Waals surface area contributed by atoms with E-state index in [1.54, 1.807) is 31.2 Å². The van der Waals surface area contributed by atoms with Gasteiger partial charge in [-0.2, -0.15) is 13.1 Å². The lowest BCUT2D eigenvalue weighted by atomic mass is 9.83. The Balaban J connectivity index is 3.44. The summed E-state index contributed by atoms with van der Waals surface area (Å²) in [5, 5.41) is 9.55. The average Bonchev–Trinajstić information content (AvgIpc) is 2.33. The molecule has 7 heteroatoms. The fraction of sp³-hybridized carbons (Fsp3) is 0.462. The number of nitrogens with one attached hydrogen (secondary N) is 1. The van der Waals surface area contributed by atoms with Crippen LogP contribution in [0, 0.1) is 6.92 Å². The molecule has 1 aromatic carbocycles. The van der Waals surface area contributed by atoms with Gasteiger partial charge in [-0.3, -0.25) is 4.55 Å². The first-order valence-corrected chi connectivity index (χ1v) is 7.73. The van der Waals surface area contributed by atoms with E-state index >= 15 is 0 Å². The standard InChI is InChI=1S/C13H19NO5S/c1-3-4-9-13(12(15)16,14-20(17,18)19)11-8-6-5-7-10(11)2/h5-8,14H,3-4,9H2,1-2H3,(H,15,16)(H,17,18,19). The number of carbonyl (C=O) groups is 1. The van der Waals surface area contributed by atoms with Crippen LogP contribution in [-0.4, -0.2) is 24.0 Å². The molecule has 1 rings (SSSR count). The summed E-state index contributed by atoms with van der Waals surface area (Å²) in [4.78, 5) is 11.7. The number of aliphatic carboxylic acids is 1. The molecule has 1 aromatic rings. The highest BCUT2D eigenvalue weighted by molar-refractivity contribution is 7.83. The molecule has 0 amide bonds. The second-order valence-electron chi connectivity index (χ2n) is 4.71. The van der Waals surface area contributed by atoms with Crippen LogP contribution in [0.1, 0.15) is 37.3 Å². The number of rotatable bonds is 7. The third-order valence-corrected chi connectivity index (χ3v) is 3.78. The molecule has 0 bridgehead atoms. The van der Waals surface area contributed by atoms with Crippen LogP contribution in [0.15, 0.2) is 24.3 Å². The van der Waals surface area contributed by atoms with Crippen molar-refractivity contribution in [1.29, 1.82) is 0 Å². The number of carboxylic acid groups (broad SMARTS) is 1. The number of benzene rings is 1. The quantitative estimate of drug-likeness (QED) is 0.667. The van der Waals surface area contributed by atoms with Crippen LogP contribution < -0.4 is 4.72 Å². The number of unbranched alkanes of at least 4 members (excludes halogenated alkanes) is 1. The van der Waals surface area contributed by atoms with Gasteiger partial charge in [-0.1, -0.05) is 44.0 Å². The van der Waals surface area contributed by atoms with Gasteiger partial charge in [0.1, 0.15) is 0 Å². The van der Waals surface area contributed by atoms with Crippen molar-refractivity contribution in [1.82, 2.24) is 4.72 Å². The van der Waals surface area contributed by atoms with Crippen molar-refractivity contribution < 1.29 is 22.9 Å². The topological polar surface area (TPSA) is 104 Å². The first-order chi connectivity index (χ1) is 9.23. The Hall–Kier alpha value is -1.44. The zero-order valence-electron chi connectivity index (χ0n) is 11.5. The number of hydrogen-bond donors (Lipinski definition) is 3. The fourth-order valence-corrected chi connectivity index (χ4v) is 2.96. The second-order valence-corrected chi connectivity index (χ2v) is 5.86. The molecule has 20 heavy (non-hydrogen) atoms. The van der Waals surface area contributed by atoms with E-state index in [0.29, 0.717) is 24.0 Å². The first-order valence-electron chi connectivity index (χ1n) is 6.29. The van der Waals surface area contributed by atoms with Gasteiger partial charge in [0, 0.05) is 0 Å². The SMILES string of the molecule is CCCCC(NS(=O)(=O)O)(C(=O)O)c1ccccc1C. The smallest absolute Gasteiger partial charge is 0.334 e. The molecular formula is C13H19NO5S. The van der Waals surface area contributed by atoms with E-state index < -0.39 is 21.8 Å². The van der Waals surface area contributed by atoms with E-state index in [0.717, 1.165) is 0 Å². The van der Waals surface area contributed by atoms with Crippen molar-refractivity contribution >= 4 is 16.3 Å². The molecule has 0 aliphatic heterocycles. The van der Waals surface area contributed by atoms with Crippen LogP contribution in [0.25, 0.3) is 0 Å². The largest absolute Gasteiger partial charge is 0.480 e. The monoisotopic (exact) mass is 301 g/mol. The minimum atomic E-state index is -4.65. The first kappa shape index (κ1) is 16.6. The minimum Gasteiger partial charge on any atom is -0.480 e. The van der Waals surface area contributed by atoms with Gasteiger partial charge in [-0.05, 0) is 24.5 Å². The van der Waals surface area contributed by atoms with Gasteiger partial charge in [0.25, 0.3) is 0 Å². The Morgan fingerprint density at radius 3 is 2.40 bits per heavy atom. The molecule has 6 nitrogen and oxygen atoms in total. The molecule has 1 unspecified atom stereocenters. The van der Waals surface area contributed by atoms with Gasteiger partial charge in [-0.15, -0.1) is 0 Å². The Morgan fingerprint density at radius 2 is 1.95 bits per heavy atom. The molecule has 0 saturated heterocycles. The maximum Gasteiger partial charge on any atom is 0.334 e. The predicted molar refractivity (Wildman–Crippen MR) is 74.7 cm³/mol. The molecule has 112 valence electrons. The van der Waals surface area contributed by atoms with Crippen molar-refractivity contribution in [2.75, 3.05) is 0 Å². The highest BCUT2D eigenvalue weighted by atomic mass is 32.2. The lowest BCUT2D eigenvalue weighted by Gasteiger charge is -2.30. The van der Waals surface area contributed by atoms with E-state index in [-0.39, 0.29) is 6.42 Å². The van der Waals surface area contributed by atoms with Crippen LogP contribution in [0.4, 0.5) is 0 Å². The third-order valence-electron chi connectivity index (χ3n) is 3.18. The summed E-state index contributed by atoms with van der Waals surface area (Å²) in [5.41, 5.74) is -0.879. The molecule has 0 aromatic heterocycles. The Morgan fingerprint density at radius 1 is 1.35 bits per heavy atom. The summed E-state index contributed by atoms with van der Waals surface area (Å²) < 4.78 is 33.3. The van der Waals surface area contributed by atoms with E-state index in [1.807, 2.05) is 11.6 Å². The van der Waals surface area contributed by atoms with Crippen molar-refractivity contribution in [2.24, 2.45) is 0 Å². The zero-order chi connectivity index (χ0) is 15.4. The van der Waals surface area contributed by atoms with Crippen LogP contribution in [0.3, 0.4) is 0 Å². The van der Waals surface area contributed by atoms with E-state index in [1.165, 1.54) is 0 Å². The summed E-state index contributed by atoms with van der Waals surface area (Å²) in [6.07, 6.45) is 1.26. The van der Waals surface area contributed by atoms with Gasteiger partial charge >= 0.3 is 16.3 Å². The van der Waals surface area contributed by atoms with E-state index in [2.05, 4.69) is 0 Å². The average molecular weight is 301 g/mol. The van der Waals surface area contributed by atoms with Gasteiger partial charge in [-0.25, -0.2) is 4.79 Å². The van der Waals surface area contributed by atoms with Gasteiger partial charge in [0.05, 0.1) is 0 Å². The Kier molecular flexibility index (Phi) is 5.27. The molecule has 0 aliphatic carbocycles. The second kappa shape index (κ2) is 6.34. The fourth-order valence-electron chi connectivity index (χ4n) is 2.22. The summed E-state index contributed by atoms with van der Waals surface area (Å²) in [5.74, 6) is -1.34. The predicted octanol–water partition coefficient (Wildman–Crippen LogP) is 1.86. The maximum absolute atomic E-state index is 11.7. The molecule has 0 fully saturated rings. The highest BCUT2D eigenvalue weighted by Crippen LogP contribution is 2.31. The minimum absolute atomic E-state index is 0.0590. The lowest BCUT2D eigenvalue weighted by Crippen LogP contribution is -2.52. The molecule has 1 atom stereocenters. The summed E-state index contributed by atoms with van der Waals surface area (Å²) >= 11 is 0. The van der Waals surface area contributed by atoms with Gasteiger partial charge < -0.3 is 5.11 Å². The molecule has 3 N–H and O–H groups in total.